The molecule has 0 aliphatic rings. The molecule has 3 aromatic rings. The normalized spacial score (nSPS) is 11.8. The number of primary sulfonamides is 1. The fourth-order valence-corrected chi connectivity index (χ4v) is 3.35. The van der Waals surface area contributed by atoms with Crippen LogP contribution >= 0.6 is 0 Å². The van der Waals surface area contributed by atoms with Gasteiger partial charge in [0.25, 0.3) is 0 Å². The fourth-order valence-electron chi connectivity index (χ4n) is 2.84. The van der Waals surface area contributed by atoms with E-state index in [0.29, 0.717) is 17.7 Å². The van der Waals surface area contributed by atoms with Crippen molar-refractivity contribution in [3.8, 4) is 22.5 Å². The highest BCUT2D eigenvalue weighted by molar-refractivity contribution is 7.89. The largest absolute Gasteiger partial charge is 0.355 e. The van der Waals surface area contributed by atoms with E-state index in [1.165, 1.54) is 31.2 Å². The smallest absolute Gasteiger partial charge is 0.238 e. The van der Waals surface area contributed by atoms with Gasteiger partial charge in [0, 0.05) is 11.1 Å². The molecule has 0 radical (unpaired) electrons. The summed E-state index contributed by atoms with van der Waals surface area (Å²) in [6.07, 6.45) is 0.353. The number of aryl methyl sites for hydroxylation is 2. The van der Waals surface area contributed by atoms with Crippen molar-refractivity contribution >= 4 is 10.0 Å². The Kier molecular flexibility index (Phi) is 4.83. The van der Waals surface area contributed by atoms with E-state index in [4.69, 9.17) is 9.66 Å². The van der Waals surface area contributed by atoms with Crippen molar-refractivity contribution in [1.82, 2.24) is 5.16 Å². The summed E-state index contributed by atoms with van der Waals surface area (Å²) in [5.74, 6) is -4.11. The topological polar surface area (TPSA) is 86.2 Å². The molecule has 0 aliphatic carbocycles. The maximum atomic E-state index is 14.5. The van der Waals surface area contributed by atoms with Crippen LogP contribution in [0.4, 0.5) is 13.2 Å². The Morgan fingerprint density at radius 2 is 1.70 bits per heavy atom. The number of nitrogens with two attached hydrogens (primary N) is 1. The Balaban J connectivity index is 2.26. The van der Waals surface area contributed by atoms with Gasteiger partial charge in [-0.2, -0.15) is 0 Å². The minimum Gasteiger partial charge on any atom is -0.355 e. The summed E-state index contributed by atoms with van der Waals surface area (Å²) >= 11 is 0. The van der Waals surface area contributed by atoms with E-state index >= 15 is 0 Å². The Morgan fingerprint density at radius 3 is 2.26 bits per heavy atom. The van der Waals surface area contributed by atoms with Crippen LogP contribution in [0, 0.1) is 24.4 Å². The molecule has 0 saturated heterocycles. The molecule has 0 fully saturated rings. The number of halogens is 3. The molecule has 142 valence electrons. The zero-order chi connectivity index (χ0) is 19.9. The van der Waals surface area contributed by atoms with Gasteiger partial charge in [-0.25, -0.2) is 26.7 Å². The quantitative estimate of drug-likeness (QED) is 0.677. The first kappa shape index (κ1) is 19.1. The maximum Gasteiger partial charge on any atom is 0.238 e. The first-order chi connectivity index (χ1) is 12.6. The van der Waals surface area contributed by atoms with Crippen LogP contribution in [0.5, 0.6) is 0 Å². The van der Waals surface area contributed by atoms with Gasteiger partial charge in [0.15, 0.2) is 23.2 Å². The first-order valence-electron chi connectivity index (χ1n) is 7.91. The van der Waals surface area contributed by atoms with Crippen LogP contribution in [-0.4, -0.2) is 13.6 Å². The Morgan fingerprint density at radius 1 is 1.07 bits per heavy atom. The second-order valence-electron chi connectivity index (χ2n) is 5.93. The van der Waals surface area contributed by atoms with Crippen LogP contribution in [0.2, 0.25) is 0 Å². The van der Waals surface area contributed by atoms with Crippen molar-refractivity contribution in [3.05, 3.63) is 59.0 Å². The highest BCUT2D eigenvalue weighted by Crippen LogP contribution is 2.39. The van der Waals surface area contributed by atoms with Crippen molar-refractivity contribution in [1.29, 1.82) is 0 Å². The molecule has 27 heavy (non-hydrogen) atoms. The summed E-state index contributed by atoms with van der Waals surface area (Å²) < 4.78 is 70.0. The molecule has 0 saturated carbocycles. The van der Waals surface area contributed by atoms with Crippen molar-refractivity contribution in [2.45, 2.75) is 25.2 Å². The third kappa shape index (κ3) is 3.35. The molecule has 0 bridgehead atoms. The predicted octanol–water partition coefficient (Wildman–Crippen LogP) is 3.94. The van der Waals surface area contributed by atoms with Gasteiger partial charge in [0.2, 0.25) is 10.0 Å². The van der Waals surface area contributed by atoms with Crippen molar-refractivity contribution in [2.75, 3.05) is 0 Å². The van der Waals surface area contributed by atoms with E-state index in [-0.39, 0.29) is 27.3 Å². The minimum absolute atomic E-state index is 0.112. The van der Waals surface area contributed by atoms with E-state index in [9.17, 15) is 21.6 Å². The Hall–Kier alpha value is -2.65. The molecule has 0 aliphatic heterocycles. The van der Waals surface area contributed by atoms with Crippen molar-refractivity contribution < 1.29 is 26.1 Å². The van der Waals surface area contributed by atoms with Gasteiger partial charge in [-0.15, -0.1) is 0 Å². The molecule has 3 rings (SSSR count). The minimum atomic E-state index is -3.88. The Labute approximate surface area is 153 Å². The summed E-state index contributed by atoms with van der Waals surface area (Å²) in [6.45, 7) is 3.20. The zero-order valence-electron chi connectivity index (χ0n) is 14.4. The van der Waals surface area contributed by atoms with Gasteiger partial charge in [-0.3, -0.25) is 0 Å². The van der Waals surface area contributed by atoms with Crippen LogP contribution in [-0.2, 0) is 16.4 Å². The summed E-state index contributed by atoms with van der Waals surface area (Å²) in [4.78, 5) is -0.113. The summed E-state index contributed by atoms with van der Waals surface area (Å²) in [5.41, 5.74) is 0.945. The van der Waals surface area contributed by atoms with E-state index < -0.39 is 27.5 Å². The second kappa shape index (κ2) is 6.82. The number of nitrogens with zero attached hydrogens (tertiary/aromatic N) is 1. The van der Waals surface area contributed by atoms with Crippen molar-refractivity contribution in [3.63, 3.8) is 0 Å². The number of sulfonamides is 1. The predicted molar refractivity (Wildman–Crippen MR) is 92.7 cm³/mol. The average molecular weight is 396 g/mol. The average Bonchev–Trinajstić information content (AvgIpc) is 3.03. The van der Waals surface area contributed by atoms with Crippen LogP contribution in [0.1, 0.15) is 18.2 Å². The van der Waals surface area contributed by atoms with E-state index in [0.717, 1.165) is 6.07 Å². The second-order valence-corrected chi connectivity index (χ2v) is 7.50. The molecule has 2 N–H and O–H groups in total. The lowest BCUT2D eigenvalue weighted by molar-refractivity contribution is 0.424. The summed E-state index contributed by atoms with van der Waals surface area (Å²) in [6, 6.07) is 6.24. The van der Waals surface area contributed by atoms with Gasteiger partial charge in [0.1, 0.15) is 0 Å². The molecular formula is C18H15F3N2O3S. The van der Waals surface area contributed by atoms with Gasteiger partial charge < -0.3 is 4.52 Å². The van der Waals surface area contributed by atoms with Crippen LogP contribution in [0.3, 0.4) is 0 Å². The first-order valence-corrected chi connectivity index (χ1v) is 9.46. The third-order valence-corrected chi connectivity index (χ3v) is 5.08. The van der Waals surface area contributed by atoms with Gasteiger partial charge in [-0.05, 0) is 49.2 Å². The monoisotopic (exact) mass is 396 g/mol. The number of benzene rings is 2. The third-order valence-electron chi connectivity index (χ3n) is 4.15. The lowest BCUT2D eigenvalue weighted by atomic mass is 9.94. The molecule has 5 nitrogen and oxygen atoms in total. The molecule has 0 atom stereocenters. The molecule has 0 unspecified atom stereocenters. The lowest BCUT2D eigenvalue weighted by Gasteiger charge is -2.10. The number of rotatable bonds is 4. The number of hydrogen-bond donors (Lipinski definition) is 1. The van der Waals surface area contributed by atoms with Crippen LogP contribution < -0.4 is 5.14 Å². The van der Waals surface area contributed by atoms with E-state index in [2.05, 4.69) is 5.16 Å². The van der Waals surface area contributed by atoms with Crippen LogP contribution in [0.25, 0.3) is 22.5 Å². The summed E-state index contributed by atoms with van der Waals surface area (Å²) in [5, 5.41) is 8.96. The molecule has 0 spiro atoms. The lowest BCUT2D eigenvalue weighted by Crippen LogP contribution is -2.11. The van der Waals surface area contributed by atoms with Gasteiger partial charge in [-0.1, -0.05) is 12.1 Å². The SMILES string of the molecule is CCc1noc(-c2ccc(S(N)(=O)=O)cc2)c1-c1c(C)cc(F)c(F)c1F. The standard InChI is InChI=1S/C18H15F3N2O3S/c1-3-13-15(14-9(2)8-12(19)16(20)17(14)21)18(26-23-13)10-4-6-11(7-5-10)27(22,24)25/h4-8H,3H2,1-2H3,(H2,22,24,25). The Bertz CT molecular complexity index is 1120. The highest BCUT2D eigenvalue weighted by atomic mass is 32.2. The van der Waals surface area contributed by atoms with Crippen LogP contribution in [0.15, 0.2) is 39.8 Å². The van der Waals surface area contributed by atoms with Crippen molar-refractivity contribution in [2.24, 2.45) is 5.14 Å². The zero-order valence-corrected chi connectivity index (χ0v) is 15.2. The van der Waals surface area contributed by atoms with Gasteiger partial charge >= 0.3 is 0 Å². The molecule has 9 heteroatoms. The highest BCUT2D eigenvalue weighted by Gasteiger charge is 2.26. The molecule has 0 amide bonds. The molecule has 1 heterocycles. The molecule has 2 aromatic carbocycles. The van der Waals surface area contributed by atoms with E-state index in [1.54, 1.807) is 6.92 Å². The molecular weight excluding hydrogens is 381 g/mol. The molecule has 1 aromatic heterocycles. The van der Waals surface area contributed by atoms with Gasteiger partial charge in [0.05, 0.1) is 16.2 Å². The van der Waals surface area contributed by atoms with E-state index in [1.807, 2.05) is 0 Å². The number of hydrogen-bond acceptors (Lipinski definition) is 4. The maximum absolute atomic E-state index is 14.5. The fraction of sp³-hybridized carbons (Fsp3) is 0.167. The number of aromatic nitrogens is 1. The summed E-state index contributed by atoms with van der Waals surface area (Å²) in [7, 11) is -3.88.